The molecule has 1 aliphatic heterocycles. The summed E-state index contributed by atoms with van der Waals surface area (Å²) in [5.41, 5.74) is 2.42. The molecule has 0 aliphatic carbocycles. The van der Waals surface area contributed by atoms with Gasteiger partial charge in [0.15, 0.2) is 12.4 Å². The molecule has 8 heteroatoms. The van der Waals surface area contributed by atoms with Gasteiger partial charge in [0.05, 0.1) is 18.6 Å². The molecule has 1 saturated heterocycles. The van der Waals surface area contributed by atoms with Crippen molar-refractivity contribution in [2.45, 2.75) is 13.3 Å². The molecular formula is C28H25NO7. The van der Waals surface area contributed by atoms with Crippen LogP contribution in [0, 0.1) is 12.8 Å². The molecular weight excluding hydrogens is 462 g/mol. The van der Waals surface area contributed by atoms with Gasteiger partial charge in [-0.1, -0.05) is 23.8 Å². The fraction of sp³-hybridized carbons (Fsp3) is 0.214. The summed E-state index contributed by atoms with van der Waals surface area (Å²) in [6, 6.07) is 20.0. The number of esters is 2. The second-order valence-electron chi connectivity index (χ2n) is 8.42. The zero-order valence-electron chi connectivity index (χ0n) is 19.9. The van der Waals surface area contributed by atoms with Gasteiger partial charge >= 0.3 is 11.9 Å². The number of rotatable bonds is 8. The van der Waals surface area contributed by atoms with Gasteiger partial charge in [0.25, 0.3) is 0 Å². The van der Waals surface area contributed by atoms with E-state index in [0.717, 1.165) is 11.3 Å². The van der Waals surface area contributed by atoms with Crippen molar-refractivity contribution in [3.63, 3.8) is 0 Å². The Kier molecular flexibility index (Phi) is 7.44. The van der Waals surface area contributed by atoms with Crippen LogP contribution < -0.4 is 14.4 Å². The third-order valence-corrected chi connectivity index (χ3v) is 5.84. The molecule has 0 aromatic heterocycles. The smallest absolute Gasteiger partial charge is 0.343 e. The van der Waals surface area contributed by atoms with Crippen LogP contribution in [-0.4, -0.2) is 43.9 Å². The lowest BCUT2D eigenvalue weighted by Crippen LogP contribution is -2.27. The third kappa shape index (κ3) is 5.78. The highest BCUT2D eigenvalue weighted by atomic mass is 16.5. The predicted molar refractivity (Wildman–Crippen MR) is 131 cm³/mol. The summed E-state index contributed by atoms with van der Waals surface area (Å²) >= 11 is 0. The van der Waals surface area contributed by atoms with Crippen LogP contribution in [0.2, 0.25) is 0 Å². The number of methoxy groups -OCH3 is 1. The molecule has 1 atom stereocenters. The van der Waals surface area contributed by atoms with Crippen molar-refractivity contribution in [2.75, 3.05) is 25.2 Å². The van der Waals surface area contributed by atoms with Gasteiger partial charge < -0.3 is 19.1 Å². The molecule has 1 aliphatic rings. The minimum Gasteiger partial charge on any atom is -0.497 e. The second kappa shape index (κ2) is 10.9. The number of nitrogens with zero attached hydrogens (tertiary/aromatic N) is 1. The molecule has 1 heterocycles. The Morgan fingerprint density at radius 3 is 2.33 bits per heavy atom. The van der Waals surface area contributed by atoms with E-state index in [0.29, 0.717) is 16.9 Å². The first-order chi connectivity index (χ1) is 17.3. The van der Waals surface area contributed by atoms with Crippen LogP contribution in [-0.2, 0) is 14.3 Å². The van der Waals surface area contributed by atoms with E-state index >= 15 is 0 Å². The molecule has 0 radical (unpaired) electrons. The molecule has 3 aromatic carbocycles. The number of hydrogen-bond acceptors (Lipinski definition) is 7. The van der Waals surface area contributed by atoms with Gasteiger partial charge in [0.1, 0.15) is 11.5 Å². The Balaban J connectivity index is 1.29. The van der Waals surface area contributed by atoms with Crippen molar-refractivity contribution < 1.29 is 33.4 Å². The maximum absolute atomic E-state index is 12.5. The first-order valence-corrected chi connectivity index (χ1v) is 11.4. The summed E-state index contributed by atoms with van der Waals surface area (Å²) in [7, 11) is 1.50. The van der Waals surface area contributed by atoms with Gasteiger partial charge in [-0.2, -0.15) is 0 Å². The van der Waals surface area contributed by atoms with Crippen LogP contribution >= 0.6 is 0 Å². The zero-order valence-corrected chi connectivity index (χ0v) is 19.9. The predicted octanol–water partition coefficient (Wildman–Crippen LogP) is 4.00. The molecule has 0 N–H and O–H groups in total. The van der Waals surface area contributed by atoms with Gasteiger partial charge in [-0.05, 0) is 61.5 Å². The Bertz CT molecular complexity index is 1280. The fourth-order valence-electron chi connectivity index (χ4n) is 3.80. The molecule has 3 aromatic rings. The number of benzene rings is 3. The SMILES string of the molecule is COc1cccc(C(=O)Oc2ccc(C(=O)COC(=O)[C@@H]3CC(=O)N(c4ccc(C)cc4)C3)cc2)c1. The van der Waals surface area contributed by atoms with Crippen LogP contribution in [0.3, 0.4) is 0 Å². The monoisotopic (exact) mass is 487 g/mol. The second-order valence-corrected chi connectivity index (χ2v) is 8.42. The average Bonchev–Trinajstić information content (AvgIpc) is 3.29. The molecule has 36 heavy (non-hydrogen) atoms. The van der Waals surface area contributed by atoms with E-state index in [-0.39, 0.29) is 24.6 Å². The number of carbonyl (C=O) groups excluding carboxylic acids is 4. The van der Waals surface area contributed by atoms with Crippen LogP contribution in [0.1, 0.15) is 32.7 Å². The van der Waals surface area contributed by atoms with Crippen molar-refractivity contribution in [1.29, 1.82) is 0 Å². The lowest BCUT2D eigenvalue weighted by Gasteiger charge is -2.16. The Hall–Kier alpha value is -4.46. The lowest BCUT2D eigenvalue weighted by molar-refractivity contribution is -0.147. The van der Waals surface area contributed by atoms with E-state index < -0.39 is 30.2 Å². The number of Topliss-reactive ketones (excluding diaryl/α,β-unsaturated/α-hetero) is 1. The van der Waals surface area contributed by atoms with E-state index in [1.54, 1.807) is 29.2 Å². The molecule has 8 nitrogen and oxygen atoms in total. The molecule has 0 spiro atoms. The largest absolute Gasteiger partial charge is 0.497 e. The summed E-state index contributed by atoms with van der Waals surface area (Å²) in [4.78, 5) is 51.2. The number of hydrogen-bond donors (Lipinski definition) is 0. The minimum atomic E-state index is -0.634. The van der Waals surface area contributed by atoms with Crippen molar-refractivity contribution in [3.05, 3.63) is 89.5 Å². The van der Waals surface area contributed by atoms with E-state index in [9.17, 15) is 19.2 Å². The van der Waals surface area contributed by atoms with Gasteiger partial charge in [0, 0.05) is 24.2 Å². The number of amides is 1. The van der Waals surface area contributed by atoms with Gasteiger partial charge in [-0.25, -0.2) is 4.79 Å². The van der Waals surface area contributed by atoms with Crippen molar-refractivity contribution in [3.8, 4) is 11.5 Å². The van der Waals surface area contributed by atoms with Crippen molar-refractivity contribution >= 4 is 29.3 Å². The zero-order chi connectivity index (χ0) is 25.7. The first kappa shape index (κ1) is 24.7. The Morgan fingerprint density at radius 1 is 0.917 bits per heavy atom. The standard InChI is InChI=1S/C28H25NO7/c1-18-6-10-22(11-7-18)29-16-21(15-26(29)31)27(32)35-17-25(30)19-8-12-23(13-9-19)36-28(33)20-4-3-5-24(14-20)34-2/h3-14,21H,15-17H2,1-2H3/t21-/m1/s1. The van der Waals surface area contributed by atoms with Crippen molar-refractivity contribution in [1.82, 2.24) is 0 Å². The number of ether oxygens (including phenoxy) is 3. The van der Waals surface area contributed by atoms with Crippen LogP contribution in [0.15, 0.2) is 72.8 Å². The average molecular weight is 488 g/mol. The maximum atomic E-state index is 12.5. The maximum Gasteiger partial charge on any atom is 0.343 e. The molecule has 0 bridgehead atoms. The fourth-order valence-corrected chi connectivity index (χ4v) is 3.80. The molecule has 1 fully saturated rings. The summed E-state index contributed by atoms with van der Waals surface area (Å²) < 4.78 is 15.6. The summed E-state index contributed by atoms with van der Waals surface area (Å²) in [6.07, 6.45) is 0.0360. The number of anilines is 1. The van der Waals surface area contributed by atoms with Crippen LogP contribution in [0.4, 0.5) is 5.69 Å². The Morgan fingerprint density at radius 2 is 1.64 bits per heavy atom. The highest BCUT2D eigenvalue weighted by Gasteiger charge is 2.36. The Labute approximate surface area is 208 Å². The van der Waals surface area contributed by atoms with Crippen molar-refractivity contribution in [2.24, 2.45) is 5.92 Å². The minimum absolute atomic E-state index is 0.0360. The molecule has 1 amide bonds. The van der Waals surface area contributed by atoms with E-state index in [2.05, 4.69) is 0 Å². The third-order valence-electron chi connectivity index (χ3n) is 5.84. The number of ketones is 1. The van der Waals surface area contributed by atoms with Gasteiger partial charge in [-0.3, -0.25) is 14.4 Å². The van der Waals surface area contributed by atoms with E-state index in [1.807, 2.05) is 31.2 Å². The number of carbonyl (C=O) groups is 4. The molecule has 4 rings (SSSR count). The first-order valence-electron chi connectivity index (χ1n) is 11.4. The summed E-state index contributed by atoms with van der Waals surface area (Å²) in [5.74, 6) is -1.56. The molecule has 184 valence electrons. The highest BCUT2D eigenvalue weighted by Crippen LogP contribution is 2.26. The number of aryl methyl sites for hydroxylation is 1. The van der Waals surface area contributed by atoms with Gasteiger partial charge in [-0.15, -0.1) is 0 Å². The summed E-state index contributed by atoms with van der Waals surface area (Å²) in [6.45, 7) is 1.72. The lowest BCUT2D eigenvalue weighted by atomic mass is 10.1. The topological polar surface area (TPSA) is 99.2 Å². The normalized spacial score (nSPS) is 14.9. The quantitative estimate of drug-likeness (QED) is 0.269. The van der Waals surface area contributed by atoms with Gasteiger partial charge in [0.2, 0.25) is 5.91 Å². The van der Waals surface area contributed by atoms with E-state index in [1.165, 1.54) is 31.4 Å². The summed E-state index contributed by atoms with van der Waals surface area (Å²) in [5, 5.41) is 0. The van der Waals surface area contributed by atoms with E-state index in [4.69, 9.17) is 14.2 Å². The molecule has 0 saturated carbocycles. The molecule has 0 unspecified atom stereocenters. The van der Waals surface area contributed by atoms with Crippen LogP contribution in [0.25, 0.3) is 0 Å². The van der Waals surface area contributed by atoms with Crippen LogP contribution in [0.5, 0.6) is 11.5 Å². The highest BCUT2D eigenvalue weighted by molar-refractivity contribution is 6.01.